The maximum atomic E-state index is 12.3. The minimum Gasteiger partial charge on any atom is -0.398 e. The molecule has 0 saturated carbocycles. The first-order valence-electron chi connectivity index (χ1n) is 4.90. The molecule has 2 N–H and O–H groups in total. The van der Waals surface area contributed by atoms with E-state index in [4.69, 9.17) is 17.3 Å². The van der Waals surface area contributed by atoms with Gasteiger partial charge in [-0.25, -0.2) is 8.42 Å². The van der Waals surface area contributed by atoms with Gasteiger partial charge in [-0.3, -0.25) is 0 Å². The lowest BCUT2D eigenvalue weighted by Crippen LogP contribution is -2.33. The van der Waals surface area contributed by atoms with Crippen LogP contribution in [0.15, 0.2) is 21.5 Å². The number of halogens is 2. The normalized spacial score (nSPS) is 12.4. The maximum Gasteiger partial charge on any atom is 0.244 e. The molecule has 0 unspecified atom stereocenters. The van der Waals surface area contributed by atoms with Gasteiger partial charge in [-0.15, -0.1) is 0 Å². The van der Waals surface area contributed by atoms with Gasteiger partial charge in [0, 0.05) is 23.8 Å². The SMILES string of the molecule is CC(C)N(C)S(=O)(=O)c1cc(Cl)cc(N)c1Br. The van der Waals surface area contributed by atoms with E-state index in [0.717, 1.165) is 0 Å². The number of nitrogens with zero attached hydrogens (tertiary/aromatic N) is 1. The van der Waals surface area contributed by atoms with Crippen LogP contribution in [0.5, 0.6) is 0 Å². The Bertz CT molecular complexity index is 531. The third kappa shape index (κ3) is 2.93. The van der Waals surface area contributed by atoms with Gasteiger partial charge in [-0.2, -0.15) is 4.31 Å². The fraction of sp³-hybridized carbons (Fsp3) is 0.400. The third-order valence-corrected chi connectivity index (χ3v) is 5.84. The van der Waals surface area contributed by atoms with E-state index in [-0.39, 0.29) is 10.9 Å². The van der Waals surface area contributed by atoms with Gasteiger partial charge in [0.1, 0.15) is 0 Å². The van der Waals surface area contributed by atoms with Crippen molar-refractivity contribution in [3.05, 3.63) is 21.6 Å². The molecule has 96 valence electrons. The molecule has 0 amide bonds. The second-order valence-electron chi connectivity index (χ2n) is 3.92. The van der Waals surface area contributed by atoms with Crippen molar-refractivity contribution in [1.82, 2.24) is 4.31 Å². The van der Waals surface area contributed by atoms with E-state index < -0.39 is 10.0 Å². The Morgan fingerprint density at radius 2 is 1.94 bits per heavy atom. The van der Waals surface area contributed by atoms with E-state index in [2.05, 4.69) is 15.9 Å². The molecule has 0 aromatic heterocycles. The highest BCUT2D eigenvalue weighted by molar-refractivity contribution is 9.10. The van der Waals surface area contributed by atoms with Crippen LogP contribution >= 0.6 is 27.5 Å². The molecule has 0 aliphatic rings. The van der Waals surface area contributed by atoms with E-state index in [1.54, 1.807) is 13.8 Å². The maximum absolute atomic E-state index is 12.3. The third-order valence-electron chi connectivity index (χ3n) is 2.42. The van der Waals surface area contributed by atoms with Crippen LogP contribution in [0.1, 0.15) is 13.8 Å². The van der Waals surface area contributed by atoms with Gasteiger partial charge in [-0.1, -0.05) is 11.6 Å². The Kier molecular flexibility index (Phi) is 4.46. The number of hydrogen-bond acceptors (Lipinski definition) is 3. The topological polar surface area (TPSA) is 63.4 Å². The number of sulfonamides is 1. The molecule has 0 atom stereocenters. The number of nitrogen functional groups attached to an aromatic ring is 1. The fourth-order valence-electron chi connectivity index (χ4n) is 1.20. The average Bonchev–Trinajstić information content (AvgIpc) is 2.21. The molecule has 0 fully saturated rings. The molecular weight excluding hydrogens is 328 g/mol. The molecule has 1 rings (SSSR count). The van der Waals surface area contributed by atoms with Crippen LogP contribution in [-0.2, 0) is 10.0 Å². The highest BCUT2D eigenvalue weighted by atomic mass is 79.9. The van der Waals surface area contributed by atoms with Crippen molar-refractivity contribution in [2.24, 2.45) is 0 Å². The number of rotatable bonds is 3. The van der Waals surface area contributed by atoms with Crippen LogP contribution in [-0.4, -0.2) is 25.8 Å². The quantitative estimate of drug-likeness (QED) is 0.860. The van der Waals surface area contributed by atoms with E-state index >= 15 is 0 Å². The lowest BCUT2D eigenvalue weighted by Gasteiger charge is -2.22. The molecule has 0 aliphatic heterocycles. The largest absolute Gasteiger partial charge is 0.398 e. The number of hydrogen-bond donors (Lipinski definition) is 1. The number of nitrogens with two attached hydrogens (primary N) is 1. The highest BCUT2D eigenvalue weighted by Gasteiger charge is 2.26. The molecular formula is C10H14BrClN2O2S. The first-order chi connectivity index (χ1) is 7.67. The summed E-state index contributed by atoms with van der Waals surface area (Å²) in [6.07, 6.45) is 0. The zero-order chi connectivity index (χ0) is 13.4. The standard InChI is InChI=1S/C10H14BrClN2O2S/c1-6(2)14(3)17(15,16)9-5-7(12)4-8(13)10(9)11/h4-6H,13H2,1-3H3. The summed E-state index contributed by atoms with van der Waals surface area (Å²) in [4.78, 5) is 0.0821. The molecule has 1 aromatic carbocycles. The van der Waals surface area contributed by atoms with Gasteiger partial charge in [-0.05, 0) is 41.9 Å². The van der Waals surface area contributed by atoms with E-state index in [1.807, 2.05) is 0 Å². The Hall–Kier alpha value is -0.300. The zero-order valence-electron chi connectivity index (χ0n) is 9.74. The summed E-state index contributed by atoms with van der Waals surface area (Å²) in [5.74, 6) is 0. The van der Waals surface area contributed by atoms with E-state index in [1.165, 1.54) is 23.5 Å². The van der Waals surface area contributed by atoms with Crippen LogP contribution in [0.25, 0.3) is 0 Å². The van der Waals surface area contributed by atoms with Crippen molar-refractivity contribution >= 4 is 43.2 Å². The molecule has 0 aliphatic carbocycles. The molecule has 4 nitrogen and oxygen atoms in total. The van der Waals surface area contributed by atoms with Crippen molar-refractivity contribution in [3.8, 4) is 0 Å². The minimum absolute atomic E-state index is 0.0821. The predicted molar refractivity (Wildman–Crippen MR) is 73.6 cm³/mol. The van der Waals surface area contributed by atoms with Crippen molar-refractivity contribution in [3.63, 3.8) is 0 Å². The van der Waals surface area contributed by atoms with Crippen molar-refractivity contribution in [2.75, 3.05) is 12.8 Å². The van der Waals surface area contributed by atoms with Crippen LogP contribution in [0.2, 0.25) is 5.02 Å². The van der Waals surface area contributed by atoms with Gasteiger partial charge < -0.3 is 5.73 Å². The molecule has 0 bridgehead atoms. The minimum atomic E-state index is -3.59. The van der Waals surface area contributed by atoms with Gasteiger partial charge in [0.05, 0.1) is 9.37 Å². The second-order valence-corrected chi connectivity index (χ2v) is 7.12. The summed E-state index contributed by atoms with van der Waals surface area (Å²) in [6, 6.07) is 2.74. The summed E-state index contributed by atoms with van der Waals surface area (Å²) in [6.45, 7) is 3.58. The second kappa shape index (κ2) is 5.14. The van der Waals surface area contributed by atoms with Crippen LogP contribution in [0, 0.1) is 0 Å². The lowest BCUT2D eigenvalue weighted by molar-refractivity contribution is 0.410. The first kappa shape index (κ1) is 14.8. The summed E-state index contributed by atoms with van der Waals surface area (Å²) in [5.41, 5.74) is 5.98. The number of benzene rings is 1. The van der Waals surface area contributed by atoms with E-state index in [9.17, 15) is 8.42 Å². The smallest absolute Gasteiger partial charge is 0.244 e. The molecule has 0 heterocycles. The predicted octanol–water partition coefficient (Wildman–Crippen LogP) is 2.71. The first-order valence-corrected chi connectivity index (χ1v) is 7.51. The van der Waals surface area contributed by atoms with E-state index in [0.29, 0.717) is 15.2 Å². The summed E-state index contributed by atoms with van der Waals surface area (Å²) in [7, 11) is -2.07. The monoisotopic (exact) mass is 340 g/mol. The van der Waals surface area contributed by atoms with Crippen LogP contribution in [0.4, 0.5) is 5.69 Å². The van der Waals surface area contributed by atoms with Gasteiger partial charge in [0.15, 0.2) is 0 Å². The summed E-state index contributed by atoms with van der Waals surface area (Å²) < 4.78 is 26.2. The lowest BCUT2D eigenvalue weighted by atomic mass is 10.3. The van der Waals surface area contributed by atoms with Gasteiger partial charge in [0.2, 0.25) is 10.0 Å². The van der Waals surface area contributed by atoms with Crippen molar-refractivity contribution in [2.45, 2.75) is 24.8 Å². The molecule has 17 heavy (non-hydrogen) atoms. The van der Waals surface area contributed by atoms with Crippen LogP contribution < -0.4 is 5.73 Å². The molecule has 0 radical (unpaired) electrons. The number of anilines is 1. The Balaban J connectivity index is 3.44. The Morgan fingerprint density at radius 3 is 2.41 bits per heavy atom. The highest BCUT2D eigenvalue weighted by Crippen LogP contribution is 2.33. The molecule has 0 spiro atoms. The summed E-state index contributed by atoms with van der Waals surface area (Å²) >= 11 is 9.01. The average molecular weight is 342 g/mol. The van der Waals surface area contributed by atoms with Crippen molar-refractivity contribution < 1.29 is 8.42 Å². The fourth-order valence-corrected chi connectivity index (χ4v) is 3.82. The van der Waals surface area contributed by atoms with Crippen molar-refractivity contribution in [1.29, 1.82) is 0 Å². The Labute approximate surface area is 115 Å². The Morgan fingerprint density at radius 1 is 1.41 bits per heavy atom. The molecule has 1 aromatic rings. The molecule has 0 saturated heterocycles. The zero-order valence-corrected chi connectivity index (χ0v) is 12.9. The summed E-state index contributed by atoms with van der Waals surface area (Å²) in [5, 5.41) is 0.293. The molecule has 7 heteroatoms. The van der Waals surface area contributed by atoms with Gasteiger partial charge >= 0.3 is 0 Å². The van der Waals surface area contributed by atoms with Crippen LogP contribution in [0.3, 0.4) is 0 Å². The van der Waals surface area contributed by atoms with Gasteiger partial charge in [0.25, 0.3) is 0 Å².